The van der Waals surface area contributed by atoms with Crippen molar-refractivity contribution in [3.8, 4) is 0 Å². The highest BCUT2D eigenvalue weighted by Crippen LogP contribution is 2.28. The van der Waals surface area contributed by atoms with Crippen molar-refractivity contribution in [1.82, 2.24) is 15.8 Å². The number of carbonyl (C=O) groups is 2. The Labute approximate surface area is 152 Å². The fourth-order valence-corrected chi connectivity index (χ4v) is 4.38. The summed E-state index contributed by atoms with van der Waals surface area (Å²) in [5, 5.41) is 0.832. The van der Waals surface area contributed by atoms with Crippen molar-refractivity contribution in [2.75, 3.05) is 31.2 Å². The van der Waals surface area contributed by atoms with Crippen LogP contribution in [-0.2, 0) is 9.53 Å². The zero-order valence-corrected chi connectivity index (χ0v) is 15.5. The van der Waals surface area contributed by atoms with Crippen molar-refractivity contribution in [3.63, 3.8) is 0 Å². The Balaban J connectivity index is 1.47. The van der Waals surface area contributed by atoms with Gasteiger partial charge in [0.25, 0.3) is 5.91 Å². The first kappa shape index (κ1) is 18.1. The summed E-state index contributed by atoms with van der Waals surface area (Å²) in [6, 6.07) is 0. The van der Waals surface area contributed by atoms with Crippen LogP contribution in [0.2, 0.25) is 0 Å². The van der Waals surface area contributed by atoms with Gasteiger partial charge in [-0.2, -0.15) is 0 Å². The minimum Gasteiger partial charge on any atom is -0.378 e. The maximum atomic E-state index is 12.3. The van der Waals surface area contributed by atoms with E-state index in [1.54, 1.807) is 0 Å². The molecule has 1 saturated heterocycles. The highest BCUT2D eigenvalue weighted by molar-refractivity contribution is 7.17. The van der Waals surface area contributed by atoms with Crippen molar-refractivity contribution in [3.05, 3.63) is 10.6 Å². The molecule has 0 aromatic carbocycles. The summed E-state index contributed by atoms with van der Waals surface area (Å²) in [6.45, 7) is 4.74. The van der Waals surface area contributed by atoms with Crippen LogP contribution in [0.15, 0.2) is 0 Å². The molecule has 2 amide bonds. The van der Waals surface area contributed by atoms with Gasteiger partial charge in [-0.1, -0.05) is 37.0 Å². The topological polar surface area (TPSA) is 83.6 Å². The molecule has 1 aromatic rings. The molecule has 25 heavy (non-hydrogen) atoms. The maximum absolute atomic E-state index is 12.3. The molecule has 0 bridgehead atoms. The molecule has 2 heterocycles. The van der Waals surface area contributed by atoms with Crippen LogP contribution in [0, 0.1) is 12.8 Å². The number of carbonyl (C=O) groups excluding carboxylic acids is 2. The van der Waals surface area contributed by atoms with E-state index in [-0.39, 0.29) is 11.8 Å². The van der Waals surface area contributed by atoms with Gasteiger partial charge in [-0.15, -0.1) is 0 Å². The third-order valence-corrected chi connectivity index (χ3v) is 6.06. The van der Waals surface area contributed by atoms with Crippen LogP contribution in [0.4, 0.5) is 5.13 Å². The molecule has 1 aliphatic heterocycles. The fraction of sp³-hybridized carbons (Fsp3) is 0.706. The summed E-state index contributed by atoms with van der Waals surface area (Å²) in [4.78, 5) is 31.4. The zero-order valence-electron chi connectivity index (χ0n) is 14.7. The lowest BCUT2D eigenvalue weighted by Gasteiger charge is -2.25. The molecular formula is C17H26N4O3S. The molecule has 3 rings (SSSR count). The Kier molecular flexibility index (Phi) is 6.25. The van der Waals surface area contributed by atoms with Gasteiger partial charge in [0.1, 0.15) is 4.88 Å². The van der Waals surface area contributed by atoms with Crippen LogP contribution >= 0.6 is 11.3 Å². The lowest BCUT2D eigenvalue weighted by Crippen LogP contribution is -2.41. The second-order valence-electron chi connectivity index (χ2n) is 6.70. The van der Waals surface area contributed by atoms with Gasteiger partial charge in [0.15, 0.2) is 5.13 Å². The van der Waals surface area contributed by atoms with Crippen molar-refractivity contribution in [1.29, 1.82) is 0 Å². The monoisotopic (exact) mass is 366 g/mol. The zero-order chi connectivity index (χ0) is 17.6. The van der Waals surface area contributed by atoms with Crippen LogP contribution in [0.3, 0.4) is 0 Å². The number of amides is 2. The number of hydrogen-bond donors (Lipinski definition) is 2. The Bertz CT molecular complexity index is 607. The second kappa shape index (κ2) is 8.62. The predicted octanol–water partition coefficient (Wildman–Crippen LogP) is 2.02. The molecule has 1 aromatic heterocycles. The van der Waals surface area contributed by atoms with Crippen molar-refractivity contribution < 1.29 is 14.3 Å². The van der Waals surface area contributed by atoms with Gasteiger partial charge >= 0.3 is 0 Å². The number of rotatable bonds is 5. The van der Waals surface area contributed by atoms with Crippen molar-refractivity contribution >= 4 is 28.3 Å². The highest BCUT2D eigenvalue weighted by atomic mass is 32.1. The van der Waals surface area contributed by atoms with Gasteiger partial charge in [-0.3, -0.25) is 20.4 Å². The van der Waals surface area contributed by atoms with E-state index in [1.165, 1.54) is 37.0 Å². The summed E-state index contributed by atoms with van der Waals surface area (Å²) in [6.07, 6.45) is 6.38. The maximum Gasteiger partial charge on any atom is 0.281 e. The molecule has 2 aliphatic rings. The van der Waals surface area contributed by atoms with Gasteiger partial charge in [-0.05, 0) is 19.3 Å². The highest BCUT2D eigenvalue weighted by Gasteiger charge is 2.21. The van der Waals surface area contributed by atoms with Crippen LogP contribution in [0.25, 0.3) is 0 Å². The van der Waals surface area contributed by atoms with E-state index in [0.717, 1.165) is 24.6 Å². The summed E-state index contributed by atoms with van der Waals surface area (Å²) >= 11 is 1.36. The number of aromatic nitrogens is 1. The first-order chi connectivity index (χ1) is 12.1. The van der Waals surface area contributed by atoms with Gasteiger partial charge in [0.2, 0.25) is 5.91 Å². The second-order valence-corrected chi connectivity index (χ2v) is 7.68. The number of nitrogens with one attached hydrogen (secondary N) is 2. The Morgan fingerprint density at radius 3 is 2.68 bits per heavy atom. The number of morpholine rings is 1. The van der Waals surface area contributed by atoms with Gasteiger partial charge in [-0.25, -0.2) is 4.98 Å². The number of anilines is 1. The molecule has 0 spiro atoms. The van der Waals surface area contributed by atoms with E-state index in [0.29, 0.717) is 36.1 Å². The number of hydrazine groups is 1. The minimum absolute atomic E-state index is 0.129. The predicted molar refractivity (Wildman–Crippen MR) is 96.7 cm³/mol. The number of aryl methyl sites for hydroxylation is 1. The summed E-state index contributed by atoms with van der Waals surface area (Å²) < 4.78 is 5.34. The number of nitrogens with zero attached hydrogens (tertiary/aromatic N) is 2. The molecule has 138 valence electrons. The molecule has 8 heteroatoms. The van der Waals surface area contributed by atoms with Gasteiger partial charge in [0, 0.05) is 19.5 Å². The molecule has 2 N–H and O–H groups in total. The minimum atomic E-state index is -0.302. The Hall–Kier alpha value is -1.67. The van der Waals surface area contributed by atoms with E-state index in [4.69, 9.17) is 4.74 Å². The first-order valence-electron chi connectivity index (χ1n) is 9.03. The number of hydrogen-bond acceptors (Lipinski definition) is 6. The van der Waals surface area contributed by atoms with E-state index in [2.05, 4.69) is 20.7 Å². The van der Waals surface area contributed by atoms with Crippen LogP contribution in [0.5, 0.6) is 0 Å². The molecular weight excluding hydrogens is 340 g/mol. The standard InChI is InChI=1S/C17H26N4O3S/c1-12-15(25-17(18-12)21-8-10-24-11-9-21)16(23)20-19-14(22)7-6-13-4-2-3-5-13/h13H,2-11H2,1H3,(H,19,22)(H,20,23). The van der Waals surface area contributed by atoms with E-state index in [9.17, 15) is 9.59 Å². The average Bonchev–Trinajstić information content (AvgIpc) is 3.28. The summed E-state index contributed by atoms with van der Waals surface area (Å²) in [5.74, 6) is 0.237. The van der Waals surface area contributed by atoms with Crippen LogP contribution < -0.4 is 15.8 Å². The molecule has 0 radical (unpaired) electrons. The summed E-state index contributed by atoms with van der Waals surface area (Å²) in [7, 11) is 0. The third kappa shape index (κ3) is 4.92. The Morgan fingerprint density at radius 2 is 1.96 bits per heavy atom. The van der Waals surface area contributed by atoms with E-state index < -0.39 is 0 Å². The molecule has 1 saturated carbocycles. The van der Waals surface area contributed by atoms with Crippen molar-refractivity contribution in [2.45, 2.75) is 45.4 Å². The molecule has 0 unspecified atom stereocenters. The van der Waals surface area contributed by atoms with E-state index in [1.807, 2.05) is 6.92 Å². The first-order valence-corrected chi connectivity index (χ1v) is 9.84. The molecule has 2 fully saturated rings. The largest absolute Gasteiger partial charge is 0.378 e. The molecule has 1 aliphatic carbocycles. The normalized spacial score (nSPS) is 18.4. The lowest BCUT2D eigenvalue weighted by molar-refractivity contribution is -0.122. The SMILES string of the molecule is Cc1nc(N2CCOCC2)sc1C(=O)NNC(=O)CCC1CCCC1. The Morgan fingerprint density at radius 1 is 1.24 bits per heavy atom. The van der Waals surface area contributed by atoms with Gasteiger partial charge in [0.05, 0.1) is 18.9 Å². The molecule has 7 nitrogen and oxygen atoms in total. The average molecular weight is 366 g/mol. The third-order valence-electron chi connectivity index (χ3n) is 4.84. The van der Waals surface area contributed by atoms with Crippen molar-refractivity contribution in [2.24, 2.45) is 5.92 Å². The number of thiazole rings is 1. The lowest BCUT2D eigenvalue weighted by atomic mass is 10.0. The summed E-state index contributed by atoms with van der Waals surface area (Å²) in [5.41, 5.74) is 5.73. The smallest absolute Gasteiger partial charge is 0.281 e. The van der Waals surface area contributed by atoms with Crippen LogP contribution in [0.1, 0.15) is 53.9 Å². The van der Waals surface area contributed by atoms with Gasteiger partial charge < -0.3 is 9.64 Å². The van der Waals surface area contributed by atoms with Crippen LogP contribution in [-0.4, -0.2) is 43.1 Å². The van der Waals surface area contributed by atoms with E-state index >= 15 is 0 Å². The quantitative estimate of drug-likeness (QED) is 0.779. The fourth-order valence-electron chi connectivity index (χ4n) is 3.36. The molecule has 0 atom stereocenters. The number of ether oxygens (including phenoxy) is 1.